The van der Waals surface area contributed by atoms with Gasteiger partial charge in [-0.05, 0) is 61.7 Å². The van der Waals surface area contributed by atoms with Crippen LogP contribution in [0.4, 0.5) is 11.4 Å². The SMILES string of the molecule is Cc1ccc(S[C@H](C)C(=O)Nc2ccc(S(=O)(=O)Nc3cccc4ccccc34)cc2)cc1. The summed E-state index contributed by atoms with van der Waals surface area (Å²) < 4.78 is 28.5. The van der Waals surface area contributed by atoms with Crippen LogP contribution in [0.2, 0.25) is 0 Å². The molecule has 5 nitrogen and oxygen atoms in total. The van der Waals surface area contributed by atoms with Crippen LogP contribution in [-0.2, 0) is 14.8 Å². The molecular weight excluding hydrogens is 452 g/mol. The van der Waals surface area contributed by atoms with Crippen LogP contribution in [0, 0.1) is 6.92 Å². The Morgan fingerprint density at radius 2 is 1.52 bits per heavy atom. The van der Waals surface area contributed by atoms with Crippen LogP contribution < -0.4 is 10.0 Å². The van der Waals surface area contributed by atoms with Crippen molar-refractivity contribution in [2.24, 2.45) is 0 Å². The van der Waals surface area contributed by atoms with Crippen molar-refractivity contribution >= 4 is 49.8 Å². The van der Waals surface area contributed by atoms with Gasteiger partial charge in [0.25, 0.3) is 10.0 Å². The first kappa shape index (κ1) is 22.9. The van der Waals surface area contributed by atoms with E-state index in [2.05, 4.69) is 10.0 Å². The van der Waals surface area contributed by atoms with Gasteiger partial charge in [0.1, 0.15) is 0 Å². The number of benzene rings is 4. The van der Waals surface area contributed by atoms with Crippen LogP contribution in [-0.4, -0.2) is 19.6 Å². The average Bonchev–Trinajstić information content (AvgIpc) is 2.81. The van der Waals surface area contributed by atoms with E-state index in [0.29, 0.717) is 11.4 Å². The molecule has 0 aliphatic heterocycles. The van der Waals surface area contributed by atoms with E-state index in [-0.39, 0.29) is 16.1 Å². The minimum absolute atomic E-state index is 0.121. The van der Waals surface area contributed by atoms with Crippen LogP contribution in [0.15, 0.2) is 101 Å². The summed E-state index contributed by atoms with van der Waals surface area (Å²) in [6.07, 6.45) is 0. The number of carbonyl (C=O) groups excluding carboxylic acids is 1. The van der Waals surface area contributed by atoms with Crippen molar-refractivity contribution in [3.05, 3.63) is 96.6 Å². The van der Waals surface area contributed by atoms with Crippen molar-refractivity contribution in [3.8, 4) is 0 Å². The van der Waals surface area contributed by atoms with Gasteiger partial charge >= 0.3 is 0 Å². The molecular formula is C26H24N2O3S2. The Hall–Kier alpha value is -3.29. The van der Waals surface area contributed by atoms with Crippen molar-refractivity contribution in [2.45, 2.75) is 28.9 Å². The normalized spacial score (nSPS) is 12.3. The van der Waals surface area contributed by atoms with E-state index < -0.39 is 10.0 Å². The maximum Gasteiger partial charge on any atom is 0.261 e. The summed E-state index contributed by atoms with van der Waals surface area (Å²) in [4.78, 5) is 13.7. The van der Waals surface area contributed by atoms with Crippen molar-refractivity contribution in [2.75, 3.05) is 10.0 Å². The van der Waals surface area contributed by atoms with Gasteiger partial charge in [-0.2, -0.15) is 0 Å². The summed E-state index contributed by atoms with van der Waals surface area (Å²) in [7, 11) is -3.78. The summed E-state index contributed by atoms with van der Waals surface area (Å²) in [5, 5.41) is 4.33. The van der Waals surface area contributed by atoms with Gasteiger partial charge < -0.3 is 5.32 Å². The number of nitrogens with one attached hydrogen (secondary N) is 2. The molecule has 0 aromatic heterocycles. The van der Waals surface area contributed by atoms with Crippen LogP contribution in [0.3, 0.4) is 0 Å². The number of hydrogen-bond acceptors (Lipinski definition) is 4. The Balaban J connectivity index is 1.43. The fourth-order valence-corrected chi connectivity index (χ4v) is 5.30. The van der Waals surface area contributed by atoms with Gasteiger partial charge in [-0.1, -0.05) is 54.1 Å². The molecule has 0 bridgehead atoms. The highest BCUT2D eigenvalue weighted by Gasteiger charge is 2.17. The standard InChI is InChI=1S/C26H24N2O3S2/c1-18-10-14-22(15-11-18)32-19(2)26(29)27-21-12-16-23(17-13-21)33(30,31)28-25-9-5-7-20-6-3-4-8-24(20)25/h3-17,19,28H,1-2H3,(H,27,29)/t19-/m1/s1. The quantitative estimate of drug-likeness (QED) is 0.318. The van der Waals surface area contributed by atoms with Gasteiger partial charge in [-0.3, -0.25) is 9.52 Å². The predicted molar refractivity (Wildman–Crippen MR) is 136 cm³/mol. The van der Waals surface area contributed by atoms with Crippen molar-refractivity contribution in [1.29, 1.82) is 0 Å². The van der Waals surface area contributed by atoms with E-state index in [1.54, 1.807) is 18.2 Å². The van der Waals surface area contributed by atoms with Gasteiger partial charge in [0, 0.05) is 16.0 Å². The molecule has 0 radical (unpaired) electrons. The van der Waals surface area contributed by atoms with Crippen molar-refractivity contribution in [3.63, 3.8) is 0 Å². The molecule has 168 valence electrons. The van der Waals surface area contributed by atoms with E-state index in [1.165, 1.54) is 29.5 Å². The summed E-state index contributed by atoms with van der Waals surface area (Å²) in [6, 6.07) is 27.3. The van der Waals surface area contributed by atoms with E-state index in [1.807, 2.05) is 74.5 Å². The maximum atomic E-state index is 12.9. The second-order valence-corrected chi connectivity index (χ2v) is 10.8. The highest BCUT2D eigenvalue weighted by atomic mass is 32.2. The smallest absolute Gasteiger partial charge is 0.261 e. The summed E-state index contributed by atoms with van der Waals surface area (Å²) in [6.45, 7) is 3.86. The Bertz CT molecular complexity index is 1380. The lowest BCUT2D eigenvalue weighted by molar-refractivity contribution is -0.115. The van der Waals surface area contributed by atoms with E-state index in [4.69, 9.17) is 0 Å². The van der Waals surface area contributed by atoms with E-state index in [0.717, 1.165) is 15.7 Å². The molecule has 33 heavy (non-hydrogen) atoms. The number of fused-ring (bicyclic) bond motifs is 1. The molecule has 4 aromatic carbocycles. The number of hydrogen-bond donors (Lipinski definition) is 2. The van der Waals surface area contributed by atoms with E-state index in [9.17, 15) is 13.2 Å². The minimum atomic E-state index is -3.78. The van der Waals surface area contributed by atoms with Gasteiger partial charge in [0.2, 0.25) is 5.91 Å². The Morgan fingerprint density at radius 3 is 2.24 bits per heavy atom. The fourth-order valence-electron chi connectivity index (χ4n) is 3.35. The zero-order valence-electron chi connectivity index (χ0n) is 18.3. The Kier molecular flexibility index (Phi) is 6.72. The molecule has 1 amide bonds. The largest absolute Gasteiger partial charge is 0.325 e. The monoisotopic (exact) mass is 476 g/mol. The number of sulfonamides is 1. The highest BCUT2D eigenvalue weighted by Crippen LogP contribution is 2.27. The first-order valence-electron chi connectivity index (χ1n) is 10.5. The molecule has 2 N–H and O–H groups in total. The van der Waals surface area contributed by atoms with E-state index >= 15 is 0 Å². The predicted octanol–water partition coefficient (Wildman–Crippen LogP) is 6.07. The fraction of sp³-hybridized carbons (Fsp3) is 0.115. The van der Waals surface area contributed by atoms with Crippen LogP contribution >= 0.6 is 11.8 Å². The van der Waals surface area contributed by atoms with Crippen LogP contribution in [0.5, 0.6) is 0 Å². The van der Waals surface area contributed by atoms with Gasteiger partial charge in [-0.25, -0.2) is 8.42 Å². The summed E-state index contributed by atoms with van der Waals surface area (Å²) in [5.74, 6) is -0.148. The Morgan fingerprint density at radius 1 is 0.848 bits per heavy atom. The number of amides is 1. The lowest BCUT2D eigenvalue weighted by Crippen LogP contribution is -2.22. The molecule has 0 fully saturated rings. The second-order valence-electron chi connectivity index (χ2n) is 7.72. The lowest BCUT2D eigenvalue weighted by Gasteiger charge is -2.13. The minimum Gasteiger partial charge on any atom is -0.325 e. The third kappa shape index (κ3) is 5.56. The molecule has 0 saturated heterocycles. The first-order chi connectivity index (χ1) is 15.8. The molecule has 0 aliphatic rings. The van der Waals surface area contributed by atoms with Crippen molar-refractivity contribution < 1.29 is 13.2 Å². The molecule has 0 saturated carbocycles. The molecule has 0 heterocycles. The van der Waals surface area contributed by atoms with Crippen molar-refractivity contribution in [1.82, 2.24) is 0 Å². The molecule has 0 aliphatic carbocycles. The van der Waals surface area contributed by atoms with Gasteiger partial charge in [0.05, 0.1) is 15.8 Å². The van der Waals surface area contributed by atoms with Crippen LogP contribution in [0.1, 0.15) is 12.5 Å². The molecule has 7 heteroatoms. The number of thioether (sulfide) groups is 1. The molecule has 4 aromatic rings. The van der Waals surface area contributed by atoms with Gasteiger partial charge in [0.15, 0.2) is 0 Å². The zero-order valence-corrected chi connectivity index (χ0v) is 19.9. The number of aryl methyl sites for hydroxylation is 1. The number of rotatable bonds is 7. The highest BCUT2D eigenvalue weighted by molar-refractivity contribution is 8.00. The molecule has 1 atom stereocenters. The van der Waals surface area contributed by atoms with Crippen LogP contribution in [0.25, 0.3) is 10.8 Å². The zero-order chi connectivity index (χ0) is 23.4. The topological polar surface area (TPSA) is 75.3 Å². The molecule has 4 rings (SSSR count). The summed E-state index contributed by atoms with van der Waals surface area (Å²) in [5.41, 5.74) is 2.23. The third-order valence-electron chi connectivity index (χ3n) is 5.17. The first-order valence-corrected chi connectivity index (χ1v) is 12.8. The number of carbonyl (C=O) groups is 1. The molecule has 0 spiro atoms. The average molecular weight is 477 g/mol. The maximum absolute atomic E-state index is 12.9. The third-order valence-corrected chi connectivity index (χ3v) is 7.66. The summed E-state index contributed by atoms with van der Waals surface area (Å²) >= 11 is 1.47. The Labute approximate surface area is 198 Å². The lowest BCUT2D eigenvalue weighted by atomic mass is 10.1. The number of anilines is 2. The second kappa shape index (κ2) is 9.68. The molecule has 0 unspecified atom stereocenters. The van der Waals surface area contributed by atoms with Gasteiger partial charge in [-0.15, -0.1) is 11.8 Å².